The zero-order valence-electron chi connectivity index (χ0n) is 7.66. The lowest BCUT2D eigenvalue weighted by molar-refractivity contribution is 0.390. The Morgan fingerprint density at radius 3 is 2.29 bits per heavy atom. The Hall–Kier alpha value is -2.04. The fraction of sp³-hybridized carbons (Fsp3) is 0.111. The predicted molar refractivity (Wildman–Crippen MR) is 53.1 cm³/mol. The summed E-state index contributed by atoms with van der Waals surface area (Å²) < 4.78 is 4.70. The van der Waals surface area contributed by atoms with Crippen LogP contribution in [0.5, 0.6) is 0 Å². The van der Waals surface area contributed by atoms with Gasteiger partial charge in [-0.3, -0.25) is 19.8 Å². The maximum Gasteiger partial charge on any atom is 0.273 e. The Balaban J connectivity index is 3.87. The van der Waals surface area contributed by atoms with Crippen molar-refractivity contribution >= 4 is 12.3 Å². The molecule has 5 nitrogen and oxygen atoms in total. The molecule has 14 heavy (non-hydrogen) atoms. The number of allylic oxidation sites excluding steroid dienone is 1. The van der Waals surface area contributed by atoms with Crippen molar-refractivity contribution in [1.82, 2.24) is 10.2 Å². The summed E-state index contributed by atoms with van der Waals surface area (Å²) in [7, 11) is 1.40. The molecule has 0 bridgehead atoms. The Labute approximate surface area is 79.0 Å². The molecule has 0 aliphatic heterocycles. The van der Waals surface area contributed by atoms with Gasteiger partial charge in [0, 0.05) is 0 Å². The van der Waals surface area contributed by atoms with Gasteiger partial charge < -0.3 is 4.74 Å². The van der Waals surface area contributed by atoms with Crippen LogP contribution >= 0.6 is 0 Å². The van der Waals surface area contributed by atoms with Gasteiger partial charge in [-0.15, -0.1) is 0 Å². The van der Waals surface area contributed by atoms with Crippen molar-refractivity contribution in [3.05, 3.63) is 43.8 Å². The van der Waals surface area contributed by atoms with Crippen molar-refractivity contribution < 1.29 is 4.74 Å². The van der Waals surface area contributed by atoms with Crippen LogP contribution in [0, 0.1) is 0 Å². The van der Waals surface area contributed by atoms with Crippen molar-refractivity contribution in [3.8, 4) is 0 Å². The molecule has 0 radical (unpaired) electrons. The topological polar surface area (TPSA) is 75.0 Å². The van der Waals surface area contributed by atoms with Gasteiger partial charge in [-0.05, 0) is 6.08 Å². The molecule has 0 aliphatic carbocycles. The third kappa shape index (κ3) is 1.82. The van der Waals surface area contributed by atoms with E-state index in [-0.39, 0.29) is 10.4 Å². The van der Waals surface area contributed by atoms with E-state index in [1.165, 1.54) is 25.5 Å². The van der Waals surface area contributed by atoms with Crippen molar-refractivity contribution in [2.24, 2.45) is 0 Å². The number of ether oxygens (including phenoxy) is 1. The smallest absolute Gasteiger partial charge is 0.273 e. The first-order valence-corrected chi connectivity index (χ1v) is 3.87. The second-order valence-electron chi connectivity index (χ2n) is 2.49. The minimum atomic E-state index is -0.417. The zero-order valence-corrected chi connectivity index (χ0v) is 7.66. The van der Waals surface area contributed by atoms with Gasteiger partial charge in [0.05, 0.1) is 23.8 Å². The monoisotopic (exact) mass is 194 g/mol. The first-order chi connectivity index (χ1) is 6.70. The van der Waals surface area contributed by atoms with Gasteiger partial charge in [0.1, 0.15) is 0 Å². The molecule has 0 fully saturated rings. The van der Waals surface area contributed by atoms with Crippen LogP contribution in [0.3, 0.4) is 0 Å². The van der Waals surface area contributed by atoms with Crippen molar-refractivity contribution in [1.29, 1.82) is 0 Å². The lowest BCUT2D eigenvalue weighted by Crippen LogP contribution is -2.51. The number of aromatic nitrogens is 2. The van der Waals surface area contributed by atoms with Crippen LogP contribution in [0.4, 0.5) is 0 Å². The average Bonchev–Trinajstić information content (AvgIpc) is 2.17. The molecular formula is C9H10N2O3. The van der Waals surface area contributed by atoms with Crippen LogP contribution in [0.1, 0.15) is 0 Å². The van der Waals surface area contributed by atoms with Crippen LogP contribution in [-0.4, -0.2) is 17.3 Å². The number of hydrogen-bond acceptors (Lipinski definition) is 3. The molecule has 74 valence electrons. The number of methoxy groups -OCH3 is 1. The highest BCUT2D eigenvalue weighted by atomic mass is 16.5. The molecule has 1 rings (SSSR count). The highest BCUT2D eigenvalue weighted by molar-refractivity contribution is 5.35. The van der Waals surface area contributed by atoms with Gasteiger partial charge in [-0.2, -0.15) is 0 Å². The minimum Gasteiger partial charge on any atom is -0.504 e. The largest absolute Gasteiger partial charge is 0.504 e. The molecule has 2 N–H and O–H groups in total. The Morgan fingerprint density at radius 2 is 1.79 bits per heavy atom. The Kier molecular flexibility index (Phi) is 3.06. The molecule has 0 unspecified atom stereocenters. The summed E-state index contributed by atoms with van der Waals surface area (Å²) >= 11 is 0. The summed E-state index contributed by atoms with van der Waals surface area (Å²) in [4.78, 5) is 22.5. The highest BCUT2D eigenvalue weighted by Crippen LogP contribution is 1.61. The van der Waals surface area contributed by atoms with E-state index in [2.05, 4.69) is 16.8 Å². The van der Waals surface area contributed by atoms with E-state index < -0.39 is 11.1 Å². The molecular weight excluding hydrogens is 184 g/mol. The minimum absolute atomic E-state index is 0.177. The van der Waals surface area contributed by atoms with E-state index in [1.54, 1.807) is 0 Å². The molecule has 0 spiro atoms. The first-order valence-electron chi connectivity index (χ1n) is 3.87. The van der Waals surface area contributed by atoms with Crippen LogP contribution in [0.2, 0.25) is 0 Å². The predicted octanol–water partition coefficient (Wildman–Crippen LogP) is -1.59. The summed E-state index contributed by atoms with van der Waals surface area (Å²) in [6, 6.07) is 0. The zero-order chi connectivity index (χ0) is 10.6. The lowest BCUT2D eigenvalue weighted by Gasteiger charge is -1.89. The quantitative estimate of drug-likeness (QED) is 0.596. The van der Waals surface area contributed by atoms with Gasteiger partial charge >= 0.3 is 0 Å². The van der Waals surface area contributed by atoms with Crippen LogP contribution < -0.4 is 21.6 Å². The third-order valence-electron chi connectivity index (χ3n) is 1.59. The van der Waals surface area contributed by atoms with Crippen LogP contribution in [0.15, 0.2) is 22.2 Å². The number of rotatable bonds is 2. The molecule has 0 aliphatic rings. The fourth-order valence-corrected chi connectivity index (χ4v) is 1.01. The molecule has 5 heteroatoms. The molecule has 1 aromatic heterocycles. The Bertz CT molecular complexity index is 551. The highest BCUT2D eigenvalue weighted by Gasteiger charge is 1.95. The SMILES string of the molecule is C=C/C=c1/c(=O)[nH][nH]c(=O)/c1=C/OC. The van der Waals surface area contributed by atoms with E-state index in [0.29, 0.717) is 0 Å². The molecule has 0 saturated heterocycles. The maximum absolute atomic E-state index is 11.3. The van der Waals surface area contributed by atoms with Gasteiger partial charge in [0.15, 0.2) is 0 Å². The van der Waals surface area contributed by atoms with Crippen molar-refractivity contribution in [3.63, 3.8) is 0 Å². The first kappa shape index (κ1) is 10.0. The standard InChI is InChI=1S/C9H10N2O3/c1-3-4-6-7(5-14-2)9(13)11-10-8(6)12/h3-5H,1H2,2H3,(H,10,12)(H,11,13)/b6-4+,7-5+. The molecule has 0 aromatic carbocycles. The summed E-state index contributed by atoms with van der Waals surface area (Å²) in [5.74, 6) is 0. The molecule has 1 heterocycles. The molecule has 0 saturated carbocycles. The van der Waals surface area contributed by atoms with Crippen LogP contribution in [0.25, 0.3) is 12.3 Å². The summed E-state index contributed by atoms with van der Waals surface area (Å²) in [5.41, 5.74) is -0.813. The van der Waals surface area contributed by atoms with E-state index in [0.717, 1.165) is 0 Å². The number of hydrogen-bond donors (Lipinski definition) is 2. The maximum atomic E-state index is 11.3. The summed E-state index contributed by atoms with van der Waals surface area (Å²) in [6.45, 7) is 3.45. The van der Waals surface area contributed by atoms with E-state index >= 15 is 0 Å². The van der Waals surface area contributed by atoms with E-state index in [1.807, 2.05) is 0 Å². The van der Waals surface area contributed by atoms with Gasteiger partial charge in [0.25, 0.3) is 11.1 Å². The number of H-pyrrole nitrogens is 2. The van der Waals surface area contributed by atoms with Crippen molar-refractivity contribution in [2.45, 2.75) is 0 Å². The fourth-order valence-electron chi connectivity index (χ4n) is 1.01. The average molecular weight is 194 g/mol. The second kappa shape index (κ2) is 4.27. The normalized spacial score (nSPS) is 12.9. The van der Waals surface area contributed by atoms with Gasteiger partial charge in [-0.25, -0.2) is 0 Å². The second-order valence-corrected chi connectivity index (χ2v) is 2.49. The van der Waals surface area contributed by atoms with Crippen molar-refractivity contribution in [2.75, 3.05) is 7.11 Å². The Morgan fingerprint density at radius 1 is 1.21 bits per heavy atom. The number of nitrogens with one attached hydrogen (secondary N) is 2. The number of aromatic amines is 2. The summed E-state index contributed by atoms with van der Waals surface area (Å²) in [5, 5.41) is 4.80. The molecule has 0 atom stereocenters. The van der Waals surface area contributed by atoms with Crippen LogP contribution in [-0.2, 0) is 4.74 Å². The third-order valence-corrected chi connectivity index (χ3v) is 1.59. The van der Waals surface area contributed by atoms with E-state index in [9.17, 15) is 9.59 Å². The van der Waals surface area contributed by atoms with Gasteiger partial charge in [-0.1, -0.05) is 12.7 Å². The molecule has 0 amide bonds. The summed E-state index contributed by atoms with van der Waals surface area (Å²) in [6.07, 6.45) is 4.08. The van der Waals surface area contributed by atoms with Gasteiger partial charge in [0.2, 0.25) is 0 Å². The van der Waals surface area contributed by atoms with E-state index in [4.69, 9.17) is 4.74 Å². The molecule has 1 aromatic rings. The lowest BCUT2D eigenvalue weighted by atomic mass is 10.3.